The molecule has 1 fully saturated rings. The van der Waals surface area contributed by atoms with Crippen LogP contribution in [0.4, 0.5) is 16.0 Å². The molecule has 0 aliphatic heterocycles. The molecule has 5 rings (SSSR count). The number of hydrogen-bond donors (Lipinski definition) is 2. The highest BCUT2D eigenvalue weighted by Crippen LogP contribution is 2.39. The lowest BCUT2D eigenvalue weighted by atomic mass is 10.2. The Hall–Kier alpha value is -2.77. The van der Waals surface area contributed by atoms with Crippen molar-refractivity contribution in [1.29, 1.82) is 0 Å². The first kappa shape index (κ1) is 17.3. The van der Waals surface area contributed by atoms with Gasteiger partial charge < -0.3 is 10.3 Å². The fourth-order valence-corrected chi connectivity index (χ4v) is 3.64. The summed E-state index contributed by atoms with van der Waals surface area (Å²) in [7, 11) is 0. The van der Waals surface area contributed by atoms with Crippen molar-refractivity contribution in [2.45, 2.75) is 18.8 Å². The molecule has 6 nitrogen and oxygen atoms in total. The SMILES string of the molecule is Fc1cnc(Nc2cc(C3CC3)ncn2)c2nc(-c3c(Cl)cccc3Cl)[nH]c12. The summed E-state index contributed by atoms with van der Waals surface area (Å²) < 4.78 is 14.4. The van der Waals surface area contributed by atoms with Gasteiger partial charge in [0.15, 0.2) is 11.6 Å². The number of imidazole rings is 1. The van der Waals surface area contributed by atoms with E-state index in [4.69, 9.17) is 23.2 Å². The van der Waals surface area contributed by atoms with Gasteiger partial charge in [-0.15, -0.1) is 0 Å². The first-order valence-electron chi connectivity index (χ1n) is 8.67. The average molecular weight is 415 g/mol. The normalized spacial score (nSPS) is 13.8. The zero-order valence-corrected chi connectivity index (χ0v) is 15.9. The predicted molar refractivity (Wildman–Crippen MR) is 107 cm³/mol. The Balaban J connectivity index is 1.59. The molecule has 3 aromatic heterocycles. The third-order valence-electron chi connectivity index (χ3n) is 4.60. The molecule has 140 valence electrons. The van der Waals surface area contributed by atoms with Crippen molar-refractivity contribution in [1.82, 2.24) is 24.9 Å². The van der Waals surface area contributed by atoms with Crippen molar-refractivity contribution in [3.63, 3.8) is 0 Å². The number of aromatic amines is 1. The minimum Gasteiger partial charge on any atom is -0.335 e. The molecule has 0 saturated heterocycles. The first-order valence-corrected chi connectivity index (χ1v) is 9.43. The van der Waals surface area contributed by atoms with E-state index in [-0.39, 0.29) is 5.52 Å². The molecule has 9 heteroatoms. The maximum atomic E-state index is 14.4. The van der Waals surface area contributed by atoms with Crippen molar-refractivity contribution >= 4 is 45.9 Å². The van der Waals surface area contributed by atoms with Gasteiger partial charge in [-0.25, -0.2) is 24.3 Å². The number of nitrogens with zero attached hydrogens (tertiary/aromatic N) is 4. The number of benzene rings is 1. The Morgan fingerprint density at radius 2 is 1.89 bits per heavy atom. The van der Waals surface area contributed by atoms with Gasteiger partial charge >= 0.3 is 0 Å². The number of hydrogen-bond acceptors (Lipinski definition) is 5. The van der Waals surface area contributed by atoms with Gasteiger partial charge in [0.25, 0.3) is 0 Å². The third-order valence-corrected chi connectivity index (χ3v) is 5.23. The highest BCUT2D eigenvalue weighted by Gasteiger charge is 2.25. The fraction of sp³-hybridized carbons (Fsp3) is 0.158. The summed E-state index contributed by atoms with van der Waals surface area (Å²) in [5, 5.41) is 3.95. The van der Waals surface area contributed by atoms with Crippen LogP contribution >= 0.6 is 23.2 Å². The summed E-state index contributed by atoms with van der Waals surface area (Å²) >= 11 is 12.5. The van der Waals surface area contributed by atoms with Gasteiger partial charge in [-0.3, -0.25) is 0 Å². The maximum Gasteiger partial charge on any atom is 0.167 e. The minimum atomic E-state index is -0.524. The monoisotopic (exact) mass is 414 g/mol. The molecule has 0 radical (unpaired) electrons. The molecule has 2 N–H and O–H groups in total. The van der Waals surface area contributed by atoms with E-state index in [9.17, 15) is 4.39 Å². The van der Waals surface area contributed by atoms with Gasteiger partial charge in [-0.2, -0.15) is 0 Å². The van der Waals surface area contributed by atoms with E-state index < -0.39 is 5.82 Å². The topological polar surface area (TPSA) is 79.4 Å². The smallest absolute Gasteiger partial charge is 0.167 e. The van der Waals surface area contributed by atoms with E-state index in [1.807, 2.05) is 6.07 Å². The van der Waals surface area contributed by atoms with Crippen molar-refractivity contribution < 1.29 is 4.39 Å². The molecule has 1 aliphatic rings. The second-order valence-electron chi connectivity index (χ2n) is 6.59. The standard InChI is InChI=1S/C19H13Cl2FN6/c20-10-2-1-3-11(21)15(10)18-27-16-12(22)7-23-19(17(16)28-18)26-14-6-13(9-4-5-9)24-8-25-14/h1-3,6-9H,4-5H2,(H,27,28)(H,23,24,25,26). The minimum absolute atomic E-state index is 0.208. The predicted octanol–water partition coefficient (Wildman–Crippen LogP) is 5.48. The zero-order chi connectivity index (χ0) is 19.3. The molecule has 0 amide bonds. The Bertz CT molecular complexity index is 1180. The molecule has 1 saturated carbocycles. The number of nitrogens with one attached hydrogen (secondary N) is 2. The van der Waals surface area contributed by atoms with Crippen LogP contribution in [0.2, 0.25) is 10.0 Å². The van der Waals surface area contributed by atoms with Crippen LogP contribution < -0.4 is 5.32 Å². The van der Waals surface area contributed by atoms with E-state index in [1.165, 1.54) is 6.33 Å². The lowest BCUT2D eigenvalue weighted by molar-refractivity contribution is 0.632. The van der Waals surface area contributed by atoms with E-state index in [1.54, 1.807) is 18.2 Å². The Kier molecular flexibility index (Phi) is 4.14. The second-order valence-corrected chi connectivity index (χ2v) is 7.40. The van der Waals surface area contributed by atoms with Crippen LogP contribution in [-0.4, -0.2) is 24.9 Å². The molecule has 28 heavy (non-hydrogen) atoms. The van der Waals surface area contributed by atoms with Gasteiger partial charge in [-0.1, -0.05) is 29.3 Å². The van der Waals surface area contributed by atoms with Gasteiger partial charge in [0, 0.05) is 17.7 Å². The molecular weight excluding hydrogens is 402 g/mol. The van der Waals surface area contributed by atoms with E-state index >= 15 is 0 Å². The number of rotatable bonds is 4. The quantitative estimate of drug-likeness (QED) is 0.461. The Labute approximate surface area is 169 Å². The fourth-order valence-electron chi connectivity index (χ4n) is 3.06. The van der Waals surface area contributed by atoms with Crippen LogP contribution in [0.3, 0.4) is 0 Å². The Morgan fingerprint density at radius 1 is 1.11 bits per heavy atom. The van der Waals surface area contributed by atoms with Crippen LogP contribution in [0.1, 0.15) is 24.5 Å². The van der Waals surface area contributed by atoms with Crippen molar-refractivity contribution in [3.05, 3.63) is 58.3 Å². The van der Waals surface area contributed by atoms with Crippen LogP contribution in [0, 0.1) is 5.82 Å². The lowest BCUT2D eigenvalue weighted by Crippen LogP contribution is -2.00. The highest BCUT2D eigenvalue weighted by molar-refractivity contribution is 6.39. The van der Waals surface area contributed by atoms with Crippen molar-refractivity contribution in [2.75, 3.05) is 5.32 Å². The van der Waals surface area contributed by atoms with Crippen molar-refractivity contribution in [2.24, 2.45) is 0 Å². The number of aromatic nitrogens is 5. The number of halogens is 3. The molecule has 3 heterocycles. The Morgan fingerprint density at radius 3 is 2.64 bits per heavy atom. The molecule has 0 bridgehead atoms. The summed E-state index contributed by atoms with van der Waals surface area (Å²) in [6.07, 6.45) is 4.91. The summed E-state index contributed by atoms with van der Waals surface area (Å²) in [6.45, 7) is 0. The van der Waals surface area contributed by atoms with Crippen molar-refractivity contribution in [3.8, 4) is 11.4 Å². The number of anilines is 2. The van der Waals surface area contributed by atoms with Gasteiger partial charge in [0.05, 0.1) is 21.8 Å². The molecule has 0 spiro atoms. The molecule has 0 atom stereocenters. The molecule has 4 aromatic rings. The van der Waals surface area contributed by atoms with Crippen LogP contribution in [-0.2, 0) is 0 Å². The molecule has 0 unspecified atom stereocenters. The molecule has 1 aliphatic carbocycles. The number of H-pyrrole nitrogens is 1. The number of fused-ring (bicyclic) bond motifs is 1. The highest BCUT2D eigenvalue weighted by atomic mass is 35.5. The van der Waals surface area contributed by atoms with E-state index in [0.29, 0.717) is 44.5 Å². The first-order chi connectivity index (χ1) is 13.6. The average Bonchev–Trinajstić information content (AvgIpc) is 3.44. The van der Waals surface area contributed by atoms with E-state index in [0.717, 1.165) is 24.7 Å². The molecule has 1 aromatic carbocycles. The van der Waals surface area contributed by atoms with Gasteiger partial charge in [-0.05, 0) is 25.0 Å². The lowest BCUT2D eigenvalue weighted by Gasteiger charge is -2.06. The van der Waals surface area contributed by atoms with Gasteiger partial charge in [0.2, 0.25) is 0 Å². The maximum absolute atomic E-state index is 14.4. The van der Waals surface area contributed by atoms with Gasteiger partial charge in [0.1, 0.15) is 29.0 Å². The van der Waals surface area contributed by atoms with Crippen LogP contribution in [0.15, 0.2) is 36.8 Å². The zero-order valence-electron chi connectivity index (χ0n) is 14.4. The van der Waals surface area contributed by atoms with Crippen LogP contribution in [0.25, 0.3) is 22.4 Å². The number of pyridine rings is 1. The van der Waals surface area contributed by atoms with Crippen LogP contribution in [0.5, 0.6) is 0 Å². The largest absolute Gasteiger partial charge is 0.335 e. The summed E-state index contributed by atoms with van der Waals surface area (Å²) in [6, 6.07) is 7.01. The van der Waals surface area contributed by atoms with E-state index in [2.05, 4.69) is 30.2 Å². The summed E-state index contributed by atoms with van der Waals surface area (Å²) in [5.41, 5.74) is 2.03. The third kappa shape index (κ3) is 3.06. The molecular formula is C19H13Cl2FN6. The second kappa shape index (κ2) is 6.68. The summed E-state index contributed by atoms with van der Waals surface area (Å²) in [5.74, 6) is 1.29. The summed E-state index contributed by atoms with van der Waals surface area (Å²) in [4.78, 5) is 20.1.